The molecule has 112 valence electrons. The molecule has 0 spiro atoms. The second-order valence-electron chi connectivity index (χ2n) is 5.83. The molecule has 0 amide bonds. The van der Waals surface area contributed by atoms with E-state index in [0.29, 0.717) is 23.4 Å². The smallest absolute Gasteiger partial charge is 0.126 e. The first-order valence-corrected chi connectivity index (χ1v) is 7.79. The van der Waals surface area contributed by atoms with Gasteiger partial charge in [0.1, 0.15) is 5.82 Å². The van der Waals surface area contributed by atoms with Crippen LogP contribution in [0.2, 0.25) is 5.02 Å². The van der Waals surface area contributed by atoms with Crippen LogP contribution in [-0.4, -0.2) is 35.2 Å². The lowest BCUT2D eigenvalue weighted by Gasteiger charge is -2.27. The molecule has 0 bridgehead atoms. The van der Waals surface area contributed by atoms with Gasteiger partial charge in [-0.2, -0.15) is 0 Å². The number of aliphatic hydroxyl groups is 1. The lowest BCUT2D eigenvalue weighted by atomic mass is 9.87. The number of rotatable bonds is 4. The van der Waals surface area contributed by atoms with Crippen molar-refractivity contribution in [1.82, 2.24) is 4.90 Å². The molecule has 1 aromatic rings. The maximum Gasteiger partial charge on any atom is 0.126 e. The Morgan fingerprint density at radius 1 is 1.35 bits per heavy atom. The van der Waals surface area contributed by atoms with E-state index in [1.54, 1.807) is 12.1 Å². The zero-order chi connectivity index (χ0) is 14.6. The molecule has 1 heterocycles. The van der Waals surface area contributed by atoms with Crippen molar-refractivity contribution in [2.75, 3.05) is 19.6 Å². The van der Waals surface area contributed by atoms with Gasteiger partial charge in [-0.3, -0.25) is 0 Å². The molecule has 0 aliphatic carbocycles. The summed E-state index contributed by atoms with van der Waals surface area (Å²) in [5.74, 6) is -0.280. The van der Waals surface area contributed by atoms with E-state index in [0.717, 1.165) is 38.9 Å². The van der Waals surface area contributed by atoms with E-state index in [4.69, 9.17) is 11.6 Å². The Labute approximate surface area is 125 Å². The summed E-state index contributed by atoms with van der Waals surface area (Å²) in [6.45, 7) is 5.14. The molecule has 0 radical (unpaired) electrons. The summed E-state index contributed by atoms with van der Waals surface area (Å²) in [6.07, 6.45) is 3.84. The van der Waals surface area contributed by atoms with Gasteiger partial charge in [0.25, 0.3) is 0 Å². The number of nitrogens with zero attached hydrogens (tertiary/aromatic N) is 1. The van der Waals surface area contributed by atoms with Gasteiger partial charge < -0.3 is 10.0 Å². The van der Waals surface area contributed by atoms with Crippen molar-refractivity contribution in [2.24, 2.45) is 0 Å². The Hall–Kier alpha value is -0.640. The fraction of sp³-hybridized carbons (Fsp3) is 0.625. The molecule has 1 aliphatic heterocycles. The van der Waals surface area contributed by atoms with Crippen molar-refractivity contribution < 1.29 is 9.50 Å². The summed E-state index contributed by atoms with van der Waals surface area (Å²) in [7, 11) is 0. The van der Waals surface area contributed by atoms with Crippen molar-refractivity contribution in [3.05, 3.63) is 34.6 Å². The Bertz CT molecular complexity index is 454. The minimum absolute atomic E-state index is 0.280. The minimum atomic E-state index is -0.811. The maximum absolute atomic E-state index is 13.8. The maximum atomic E-state index is 13.8. The Morgan fingerprint density at radius 3 is 2.90 bits per heavy atom. The first-order valence-electron chi connectivity index (χ1n) is 7.41. The average Bonchev–Trinajstić information content (AvgIpc) is 2.57. The quantitative estimate of drug-likeness (QED) is 0.917. The average molecular weight is 300 g/mol. The molecule has 1 fully saturated rings. The van der Waals surface area contributed by atoms with E-state index in [-0.39, 0.29) is 5.82 Å². The van der Waals surface area contributed by atoms with Crippen LogP contribution in [-0.2, 0) is 6.42 Å². The number of halogens is 2. The van der Waals surface area contributed by atoms with Crippen LogP contribution >= 0.6 is 11.6 Å². The highest BCUT2D eigenvalue weighted by atomic mass is 35.5. The highest BCUT2D eigenvalue weighted by molar-refractivity contribution is 6.30. The summed E-state index contributed by atoms with van der Waals surface area (Å²) in [5.41, 5.74) is -0.294. The van der Waals surface area contributed by atoms with Gasteiger partial charge in [-0.1, -0.05) is 18.5 Å². The highest BCUT2D eigenvalue weighted by Gasteiger charge is 2.31. The molecule has 2 rings (SSSR count). The van der Waals surface area contributed by atoms with Gasteiger partial charge in [-0.05, 0) is 62.5 Å². The predicted molar refractivity (Wildman–Crippen MR) is 80.6 cm³/mol. The molecule has 1 aliphatic rings. The third-order valence-electron chi connectivity index (χ3n) is 4.08. The molecule has 4 heteroatoms. The van der Waals surface area contributed by atoms with E-state index in [1.807, 2.05) is 0 Å². The minimum Gasteiger partial charge on any atom is -0.389 e. The van der Waals surface area contributed by atoms with E-state index in [1.165, 1.54) is 6.07 Å². The van der Waals surface area contributed by atoms with Crippen LogP contribution in [0.3, 0.4) is 0 Å². The zero-order valence-corrected chi connectivity index (χ0v) is 12.8. The number of likely N-dealkylation sites (tertiary alicyclic amines) is 1. The number of benzene rings is 1. The van der Waals surface area contributed by atoms with Gasteiger partial charge in [0.15, 0.2) is 0 Å². The first-order chi connectivity index (χ1) is 9.52. The summed E-state index contributed by atoms with van der Waals surface area (Å²) >= 11 is 5.92. The molecule has 1 saturated heterocycles. The van der Waals surface area contributed by atoms with E-state index < -0.39 is 5.60 Å². The van der Waals surface area contributed by atoms with Crippen LogP contribution in [0.1, 0.15) is 38.2 Å². The van der Waals surface area contributed by atoms with Crippen LogP contribution in [0.15, 0.2) is 18.2 Å². The molecule has 1 atom stereocenters. The van der Waals surface area contributed by atoms with Crippen molar-refractivity contribution in [3.63, 3.8) is 0 Å². The summed E-state index contributed by atoms with van der Waals surface area (Å²) in [6, 6.07) is 4.55. The molecule has 2 nitrogen and oxygen atoms in total. The number of hydrogen-bond acceptors (Lipinski definition) is 2. The molecular weight excluding hydrogens is 277 g/mol. The van der Waals surface area contributed by atoms with Crippen molar-refractivity contribution in [2.45, 2.75) is 44.6 Å². The van der Waals surface area contributed by atoms with Gasteiger partial charge in [-0.15, -0.1) is 0 Å². The summed E-state index contributed by atoms with van der Waals surface area (Å²) in [4.78, 5) is 2.38. The highest BCUT2D eigenvalue weighted by Crippen LogP contribution is 2.28. The molecule has 1 aromatic carbocycles. The third-order valence-corrected chi connectivity index (χ3v) is 4.31. The topological polar surface area (TPSA) is 23.5 Å². The zero-order valence-electron chi connectivity index (χ0n) is 12.0. The number of hydrogen-bond donors (Lipinski definition) is 1. The van der Waals surface area contributed by atoms with Crippen molar-refractivity contribution in [3.8, 4) is 0 Å². The molecular formula is C16H23ClFNO. The summed E-state index contributed by atoms with van der Waals surface area (Å²) < 4.78 is 13.8. The van der Waals surface area contributed by atoms with Crippen LogP contribution in [0, 0.1) is 5.82 Å². The van der Waals surface area contributed by atoms with Crippen molar-refractivity contribution >= 4 is 11.6 Å². The SMILES string of the molecule is CCCN1CCCC(O)(Cc2cc(Cl)ccc2F)CC1. The second kappa shape index (κ2) is 6.88. The Balaban J connectivity index is 2.05. The third kappa shape index (κ3) is 4.18. The lowest BCUT2D eigenvalue weighted by Crippen LogP contribution is -2.34. The van der Waals surface area contributed by atoms with Gasteiger partial charge in [-0.25, -0.2) is 4.39 Å². The molecule has 1 unspecified atom stereocenters. The van der Waals surface area contributed by atoms with Gasteiger partial charge >= 0.3 is 0 Å². The monoisotopic (exact) mass is 299 g/mol. The normalized spacial score (nSPS) is 24.6. The van der Waals surface area contributed by atoms with Gasteiger partial charge in [0.2, 0.25) is 0 Å². The van der Waals surface area contributed by atoms with Gasteiger partial charge in [0, 0.05) is 18.0 Å². The largest absolute Gasteiger partial charge is 0.389 e. The van der Waals surface area contributed by atoms with Gasteiger partial charge in [0.05, 0.1) is 5.60 Å². The molecule has 1 N–H and O–H groups in total. The van der Waals surface area contributed by atoms with Crippen LogP contribution in [0.5, 0.6) is 0 Å². The second-order valence-corrected chi connectivity index (χ2v) is 6.27. The standard InChI is InChI=1S/C16H23ClFNO/c1-2-8-19-9-3-6-16(20,7-10-19)12-13-11-14(17)4-5-15(13)18/h4-5,11,20H,2-3,6-10,12H2,1H3. The first kappa shape index (κ1) is 15.7. The van der Waals surface area contributed by atoms with Crippen LogP contribution in [0.4, 0.5) is 4.39 Å². The van der Waals surface area contributed by atoms with Crippen LogP contribution < -0.4 is 0 Å². The van der Waals surface area contributed by atoms with Crippen LogP contribution in [0.25, 0.3) is 0 Å². The molecule has 20 heavy (non-hydrogen) atoms. The fourth-order valence-corrected chi connectivity index (χ4v) is 3.18. The summed E-state index contributed by atoms with van der Waals surface area (Å²) in [5, 5.41) is 11.3. The van der Waals surface area contributed by atoms with Crippen molar-refractivity contribution in [1.29, 1.82) is 0 Å². The lowest BCUT2D eigenvalue weighted by molar-refractivity contribution is 0.0249. The van der Waals surface area contributed by atoms with E-state index in [2.05, 4.69) is 11.8 Å². The van der Waals surface area contributed by atoms with E-state index in [9.17, 15) is 9.50 Å². The molecule has 0 aromatic heterocycles. The predicted octanol–water partition coefficient (Wildman–Crippen LogP) is 3.65. The Morgan fingerprint density at radius 2 is 2.15 bits per heavy atom. The van der Waals surface area contributed by atoms with E-state index >= 15 is 0 Å². The fourth-order valence-electron chi connectivity index (χ4n) is 2.98. The molecule has 0 saturated carbocycles. The Kier molecular flexibility index (Phi) is 5.42.